The van der Waals surface area contributed by atoms with Crippen LogP contribution >= 0.6 is 34.5 Å². The lowest BCUT2D eigenvalue weighted by Gasteiger charge is -2.04. The number of nitrogens with zero attached hydrogens (tertiary/aromatic N) is 3. The third-order valence-corrected chi connectivity index (χ3v) is 5.21. The lowest BCUT2D eigenvalue weighted by atomic mass is 10.2. The van der Waals surface area contributed by atoms with Crippen LogP contribution in [0.2, 0.25) is 10.0 Å². The highest BCUT2D eigenvalue weighted by atomic mass is 35.5. The zero-order chi connectivity index (χ0) is 19.0. The Balaban J connectivity index is 1.64. The first-order chi connectivity index (χ1) is 13.0. The van der Waals surface area contributed by atoms with Crippen molar-refractivity contribution in [2.75, 3.05) is 12.4 Å². The summed E-state index contributed by atoms with van der Waals surface area (Å²) in [7, 11) is 1.62. The molecule has 2 aromatic heterocycles. The Morgan fingerprint density at radius 1 is 1.22 bits per heavy atom. The van der Waals surface area contributed by atoms with E-state index in [4.69, 9.17) is 27.9 Å². The molecule has 0 spiro atoms. The Morgan fingerprint density at radius 2 is 2.07 bits per heavy atom. The van der Waals surface area contributed by atoms with Gasteiger partial charge in [-0.25, -0.2) is 4.52 Å². The van der Waals surface area contributed by atoms with Crippen LogP contribution in [0.3, 0.4) is 0 Å². The molecule has 0 saturated carbocycles. The number of hydrogen-bond donors (Lipinski definition) is 1. The van der Waals surface area contributed by atoms with Gasteiger partial charge < -0.3 is 4.74 Å². The van der Waals surface area contributed by atoms with Gasteiger partial charge in [0.05, 0.1) is 23.4 Å². The number of rotatable bonds is 4. The third kappa shape index (κ3) is 3.49. The molecular weight excluding hydrogens is 407 g/mol. The molecule has 4 aromatic rings. The standard InChI is InChI=1S/C18H12Cl2N4O2S/c1-26-12-4-2-3-10(7-12)15-9-27-18-22-17(23-24(15)18)21-16(25)13-6-5-11(19)8-14(13)20/h2-9H,1H3,(H,21,23,25). The summed E-state index contributed by atoms with van der Waals surface area (Å²) >= 11 is 13.4. The Hall–Kier alpha value is -2.61. The van der Waals surface area contributed by atoms with Crippen molar-refractivity contribution in [3.05, 3.63) is 63.5 Å². The van der Waals surface area contributed by atoms with Gasteiger partial charge in [-0.15, -0.1) is 16.4 Å². The zero-order valence-corrected chi connectivity index (χ0v) is 16.3. The molecule has 2 heterocycles. The number of methoxy groups -OCH3 is 1. The van der Waals surface area contributed by atoms with E-state index in [2.05, 4.69) is 15.4 Å². The lowest BCUT2D eigenvalue weighted by molar-refractivity contribution is 0.102. The van der Waals surface area contributed by atoms with Crippen LogP contribution in [0.1, 0.15) is 10.4 Å². The molecule has 0 fully saturated rings. The summed E-state index contributed by atoms with van der Waals surface area (Å²) in [6.45, 7) is 0. The molecule has 9 heteroatoms. The molecule has 6 nitrogen and oxygen atoms in total. The number of aromatic nitrogens is 3. The number of hydrogen-bond acceptors (Lipinski definition) is 5. The molecule has 0 unspecified atom stereocenters. The first kappa shape index (κ1) is 17.8. The zero-order valence-electron chi connectivity index (χ0n) is 13.9. The summed E-state index contributed by atoms with van der Waals surface area (Å²) in [5.41, 5.74) is 2.09. The van der Waals surface area contributed by atoms with Crippen LogP contribution in [-0.4, -0.2) is 27.6 Å². The smallest absolute Gasteiger partial charge is 0.259 e. The normalized spacial score (nSPS) is 10.9. The molecule has 1 amide bonds. The van der Waals surface area contributed by atoms with Gasteiger partial charge in [0, 0.05) is 16.0 Å². The van der Waals surface area contributed by atoms with Crippen LogP contribution < -0.4 is 10.1 Å². The fraction of sp³-hybridized carbons (Fsp3) is 0.0556. The van der Waals surface area contributed by atoms with E-state index in [0.717, 1.165) is 17.0 Å². The average molecular weight is 419 g/mol. The van der Waals surface area contributed by atoms with E-state index in [0.29, 0.717) is 15.5 Å². The number of thiazole rings is 1. The van der Waals surface area contributed by atoms with Crippen molar-refractivity contribution in [2.24, 2.45) is 0 Å². The number of halogens is 2. The van der Waals surface area contributed by atoms with Crippen LogP contribution in [0.15, 0.2) is 47.8 Å². The number of amides is 1. The Morgan fingerprint density at radius 3 is 2.85 bits per heavy atom. The summed E-state index contributed by atoms with van der Waals surface area (Å²) in [5, 5.41) is 9.73. The van der Waals surface area contributed by atoms with Crippen LogP contribution in [0.25, 0.3) is 16.2 Å². The van der Waals surface area contributed by atoms with Crippen molar-refractivity contribution in [3.8, 4) is 17.0 Å². The second-order valence-electron chi connectivity index (χ2n) is 5.56. The molecule has 0 radical (unpaired) electrons. The summed E-state index contributed by atoms with van der Waals surface area (Å²) in [4.78, 5) is 17.5. The van der Waals surface area contributed by atoms with Crippen LogP contribution in [0, 0.1) is 0 Å². The fourth-order valence-corrected chi connectivity index (χ4v) is 3.88. The van der Waals surface area contributed by atoms with Gasteiger partial charge in [-0.2, -0.15) is 4.98 Å². The number of carbonyl (C=O) groups excluding carboxylic acids is 1. The molecule has 136 valence electrons. The molecule has 1 N–H and O–H groups in total. The SMILES string of the molecule is COc1cccc(-c2csc3nc(NC(=O)c4ccc(Cl)cc4Cl)nn23)c1. The van der Waals surface area contributed by atoms with Crippen molar-refractivity contribution < 1.29 is 9.53 Å². The minimum Gasteiger partial charge on any atom is -0.497 e. The molecule has 0 aliphatic rings. The number of anilines is 1. The van der Waals surface area contributed by atoms with Gasteiger partial charge >= 0.3 is 0 Å². The van der Waals surface area contributed by atoms with E-state index >= 15 is 0 Å². The minimum absolute atomic E-state index is 0.196. The van der Waals surface area contributed by atoms with Crippen molar-refractivity contribution in [2.45, 2.75) is 0 Å². The lowest BCUT2D eigenvalue weighted by Crippen LogP contribution is -2.13. The summed E-state index contributed by atoms with van der Waals surface area (Å²) in [5.74, 6) is 0.540. The van der Waals surface area contributed by atoms with Gasteiger partial charge in [-0.3, -0.25) is 10.1 Å². The summed E-state index contributed by atoms with van der Waals surface area (Å²) < 4.78 is 6.95. The van der Waals surface area contributed by atoms with Crippen molar-refractivity contribution >= 4 is 51.4 Å². The van der Waals surface area contributed by atoms with E-state index in [1.54, 1.807) is 23.8 Å². The van der Waals surface area contributed by atoms with E-state index in [9.17, 15) is 4.79 Å². The first-order valence-corrected chi connectivity index (χ1v) is 9.44. The molecule has 0 saturated heterocycles. The monoisotopic (exact) mass is 418 g/mol. The van der Waals surface area contributed by atoms with Gasteiger partial charge in [0.2, 0.25) is 4.96 Å². The van der Waals surface area contributed by atoms with Gasteiger partial charge in [0.15, 0.2) is 0 Å². The van der Waals surface area contributed by atoms with Crippen molar-refractivity contribution in [3.63, 3.8) is 0 Å². The Kier molecular flexibility index (Phi) is 4.73. The molecule has 4 rings (SSSR count). The maximum Gasteiger partial charge on any atom is 0.259 e. The predicted molar refractivity (Wildman–Crippen MR) is 107 cm³/mol. The number of carbonyl (C=O) groups is 1. The topological polar surface area (TPSA) is 68.5 Å². The summed E-state index contributed by atoms with van der Waals surface area (Å²) in [6.07, 6.45) is 0. The highest BCUT2D eigenvalue weighted by Crippen LogP contribution is 2.28. The quantitative estimate of drug-likeness (QED) is 0.504. The van der Waals surface area contributed by atoms with Crippen molar-refractivity contribution in [1.82, 2.24) is 14.6 Å². The maximum atomic E-state index is 12.4. The third-order valence-electron chi connectivity index (χ3n) is 3.85. The van der Waals surface area contributed by atoms with Gasteiger partial charge in [0.25, 0.3) is 11.9 Å². The van der Waals surface area contributed by atoms with E-state index < -0.39 is 5.91 Å². The van der Waals surface area contributed by atoms with Crippen LogP contribution in [0.5, 0.6) is 5.75 Å². The summed E-state index contributed by atoms with van der Waals surface area (Å²) in [6, 6.07) is 12.3. The molecule has 27 heavy (non-hydrogen) atoms. The second kappa shape index (κ2) is 7.19. The molecular formula is C18H12Cl2N4O2S. The Bertz CT molecular complexity index is 1160. The largest absolute Gasteiger partial charge is 0.497 e. The highest BCUT2D eigenvalue weighted by molar-refractivity contribution is 7.15. The van der Waals surface area contributed by atoms with E-state index in [-0.39, 0.29) is 11.0 Å². The maximum absolute atomic E-state index is 12.4. The van der Waals surface area contributed by atoms with Crippen LogP contribution in [-0.2, 0) is 0 Å². The van der Waals surface area contributed by atoms with Gasteiger partial charge in [0.1, 0.15) is 5.75 Å². The molecule has 0 aliphatic carbocycles. The predicted octanol–water partition coefficient (Wildman–Crippen LogP) is 5.03. The average Bonchev–Trinajstić information content (AvgIpc) is 3.21. The van der Waals surface area contributed by atoms with E-state index in [1.165, 1.54) is 17.4 Å². The number of fused-ring (bicyclic) bond motifs is 1. The molecule has 0 aliphatic heterocycles. The molecule has 0 atom stereocenters. The molecule has 2 aromatic carbocycles. The molecule has 0 bridgehead atoms. The first-order valence-electron chi connectivity index (χ1n) is 7.80. The number of ether oxygens (including phenoxy) is 1. The van der Waals surface area contributed by atoms with Gasteiger partial charge in [-0.05, 0) is 30.3 Å². The van der Waals surface area contributed by atoms with Crippen molar-refractivity contribution in [1.29, 1.82) is 0 Å². The van der Waals surface area contributed by atoms with Gasteiger partial charge in [-0.1, -0.05) is 35.3 Å². The van der Waals surface area contributed by atoms with Crippen LogP contribution in [0.4, 0.5) is 5.95 Å². The minimum atomic E-state index is -0.405. The number of benzene rings is 2. The number of nitrogens with one attached hydrogen (secondary N) is 1. The fourth-order valence-electron chi connectivity index (χ4n) is 2.56. The Labute approximate surface area is 168 Å². The van der Waals surface area contributed by atoms with E-state index in [1.807, 2.05) is 29.6 Å². The second-order valence-corrected chi connectivity index (χ2v) is 7.24. The highest BCUT2D eigenvalue weighted by Gasteiger charge is 2.16.